The number of likely N-dealkylation sites (tertiary alicyclic amines) is 1. The summed E-state index contributed by atoms with van der Waals surface area (Å²) in [6.07, 6.45) is 0.745. The van der Waals surface area contributed by atoms with E-state index in [1.807, 2.05) is 30.3 Å². The number of carbonyl (C=O) groups is 2. The summed E-state index contributed by atoms with van der Waals surface area (Å²) in [7, 11) is 0. The average Bonchev–Trinajstić information content (AvgIpc) is 3.05. The van der Waals surface area contributed by atoms with Crippen LogP contribution in [-0.2, 0) is 14.3 Å². The first-order valence-electron chi connectivity index (χ1n) is 10.5. The topological polar surface area (TPSA) is 70.1 Å². The van der Waals surface area contributed by atoms with Crippen molar-refractivity contribution in [3.63, 3.8) is 0 Å². The molecule has 0 aliphatic carbocycles. The fourth-order valence-corrected chi connectivity index (χ4v) is 4.41. The maximum atomic E-state index is 13.0. The number of amides is 1. The van der Waals surface area contributed by atoms with Crippen LogP contribution >= 0.6 is 15.9 Å². The van der Waals surface area contributed by atoms with Crippen LogP contribution in [0.25, 0.3) is 5.76 Å². The number of nitrogens with zero attached hydrogens (tertiary/aromatic N) is 2. The largest absolute Gasteiger partial charge is 0.507 e. The van der Waals surface area contributed by atoms with Crippen LogP contribution in [-0.4, -0.2) is 66.0 Å². The summed E-state index contributed by atoms with van der Waals surface area (Å²) >= 11 is 3.38. The van der Waals surface area contributed by atoms with Gasteiger partial charge in [-0.2, -0.15) is 0 Å². The Kier molecular flexibility index (Phi) is 6.85. The highest BCUT2D eigenvalue weighted by Crippen LogP contribution is 2.39. The van der Waals surface area contributed by atoms with E-state index in [2.05, 4.69) is 20.8 Å². The van der Waals surface area contributed by atoms with E-state index in [-0.39, 0.29) is 11.3 Å². The Balaban J connectivity index is 1.64. The van der Waals surface area contributed by atoms with Crippen molar-refractivity contribution in [2.75, 3.05) is 39.4 Å². The van der Waals surface area contributed by atoms with Crippen LogP contribution < -0.4 is 0 Å². The molecule has 2 aromatic carbocycles. The van der Waals surface area contributed by atoms with E-state index in [0.717, 1.165) is 49.3 Å². The van der Waals surface area contributed by atoms with Gasteiger partial charge in [0.1, 0.15) is 5.76 Å². The summed E-state index contributed by atoms with van der Waals surface area (Å²) in [6, 6.07) is 15.9. The van der Waals surface area contributed by atoms with Gasteiger partial charge in [-0.05, 0) is 24.1 Å². The van der Waals surface area contributed by atoms with Gasteiger partial charge in [-0.25, -0.2) is 0 Å². The lowest BCUT2D eigenvalue weighted by Gasteiger charge is -2.29. The Morgan fingerprint density at radius 1 is 1.00 bits per heavy atom. The third-order valence-corrected chi connectivity index (χ3v) is 6.28. The van der Waals surface area contributed by atoms with Gasteiger partial charge in [0.15, 0.2) is 0 Å². The van der Waals surface area contributed by atoms with Gasteiger partial charge in [-0.15, -0.1) is 0 Å². The number of benzene rings is 2. The highest BCUT2D eigenvalue weighted by atomic mass is 79.9. The van der Waals surface area contributed by atoms with Crippen molar-refractivity contribution in [3.8, 4) is 0 Å². The predicted molar refractivity (Wildman–Crippen MR) is 121 cm³/mol. The summed E-state index contributed by atoms with van der Waals surface area (Å²) in [6.45, 7) is 4.48. The quantitative estimate of drug-likeness (QED) is 0.385. The SMILES string of the molecule is O=C1C(=O)N(CCCN2CCOCC2)C(c2ccccc2)/C1=C(/O)c1ccc(Br)cc1. The Labute approximate surface area is 190 Å². The van der Waals surface area contributed by atoms with E-state index in [1.165, 1.54) is 0 Å². The van der Waals surface area contributed by atoms with Crippen molar-refractivity contribution in [1.82, 2.24) is 9.80 Å². The molecule has 2 saturated heterocycles. The molecule has 1 atom stereocenters. The molecular weight excluding hydrogens is 460 g/mol. The molecule has 2 aromatic rings. The summed E-state index contributed by atoms with van der Waals surface area (Å²) in [5, 5.41) is 11.0. The summed E-state index contributed by atoms with van der Waals surface area (Å²) in [5.41, 5.74) is 1.46. The molecule has 7 heteroatoms. The van der Waals surface area contributed by atoms with Gasteiger partial charge in [0.05, 0.1) is 24.8 Å². The second-order valence-electron chi connectivity index (χ2n) is 7.72. The molecule has 1 unspecified atom stereocenters. The van der Waals surface area contributed by atoms with E-state index in [1.54, 1.807) is 29.2 Å². The normalized spacial score (nSPS) is 21.6. The molecule has 0 spiro atoms. The van der Waals surface area contributed by atoms with E-state index in [0.29, 0.717) is 12.1 Å². The molecule has 2 aliphatic heterocycles. The van der Waals surface area contributed by atoms with Crippen molar-refractivity contribution in [1.29, 1.82) is 0 Å². The number of aliphatic hydroxyl groups is 1. The molecule has 4 rings (SSSR count). The maximum Gasteiger partial charge on any atom is 0.295 e. The Bertz CT molecular complexity index is 969. The first-order valence-corrected chi connectivity index (χ1v) is 11.2. The molecule has 1 amide bonds. The molecule has 1 N–H and O–H groups in total. The van der Waals surface area contributed by atoms with Crippen LogP contribution in [0.2, 0.25) is 0 Å². The lowest BCUT2D eigenvalue weighted by Crippen LogP contribution is -2.38. The second-order valence-corrected chi connectivity index (χ2v) is 8.63. The highest BCUT2D eigenvalue weighted by Gasteiger charge is 2.45. The van der Waals surface area contributed by atoms with Gasteiger partial charge in [-0.1, -0.05) is 58.4 Å². The average molecular weight is 485 g/mol. The lowest BCUT2D eigenvalue weighted by molar-refractivity contribution is -0.140. The molecule has 0 radical (unpaired) electrons. The van der Waals surface area contributed by atoms with Gasteiger partial charge < -0.3 is 14.7 Å². The van der Waals surface area contributed by atoms with E-state index in [9.17, 15) is 14.7 Å². The van der Waals surface area contributed by atoms with E-state index < -0.39 is 17.7 Å². The Morgan fingerprint density at radius 2 is 1.68 bits per heavy atom. The molecule has 162 valence electrons. The zero-order chi connectivity index (χ0) is 21.8. The number of halogens is 1. The molecule has 31 heavy (non-hydrogen) atoms. The number of hydrogen-bond acceptors (Lipinski definition) is 5. The van der Waals surface area contributed by atoms with Gasteiger partial charge in [0.2, 0.25) is 0 Å². The minimum absolute atomic E-state index is 0.143. The number of aliphatic hydroxyl groups excluding tert-OH is 1. The fourth-order valence-electron chi connectivity index (χ4n) is 4.15. The monoisotopic (exact) mass is 484 g/mol. The van der Waals surface area contributed by atoms with Crippen molar-refractivity contribution in [2.45, 2.75) is 12.5 Å². The van der Waals surface area contributed by atoms with Gasteiger partial charge in [0.25, 0.3) is 11.7 Å². The summed E-state index contributed by atoms with van der Waals surface area (Å²) in [4.78, 5) is 29.9. The predicted octanol–water partition coefficient (Wildman–Crippen LogP) is 3.59. The van der Waals surface area contributed by atoms with Crippen molar-refractivity contribution in [2.24, 2.45) is 0 Å². The number of ketones is 1. The minimum atomic E-state index is -0.638. The third-order valence-electron chi connectivity index (χ3n) is 5.75. The smallest absolute Gasteiger partial charge is 0.295 e. The lowest BCUT2D eigenvalue weighted by atomic mass is 9.95. The highest BCUT2D eigenvalue weighted by molar-refractivity contribution is 9.10. The number of morpholine rings is 1. The number of Topliss-reactive ketones (excluding diaryl/α,β-unsaturated/α-hetero) is 1. The first-order chi connectivity index (χ1) is 15.1. The van der Waals surface area contributed by atoms with Crippen LogP contribution in [0, 0.1) is 0 Å². The van der Waals surface area contributed by atoms with Crippen LogP contribution in [0.4, 0.5) is 0 Å². The molecule has 2 fully saturated rings. The molecule has 6 nitrogen and oxygen atoms in total. The number of rotatable bonds is 6. The fraction of sp³-hybridized carbons (Fsp3) is 0.333. The van der Waals surface area contributed by atoms with Crippen LogP contribution in [0.1, 0.15) is 23.6 Å². The molecule has 0 aromatic heterocycles. The van der Waals surface area contributed by atoms with Crippen LogP contribution in [0.3, 0.4) is 0 Å². The molecule has 2 heterocycles. The van der Waals surface area contributed by atoms with E-state index >= 15 is 0 Å². The van der Waals surface area contributed by atoms with Gasteiger partial charge in [-0.3, -0.25) is 14.5 Å². The third kappa shape index (κ3) is 4.74. The molecule has 0 bridgehead atoms. The molecule has 0 saturated carbocycles. The maximum absolute atomic E-state index is 13.0. The van der Waals surface area contributed by atoms with E-state index in [4.69, 9.17) is 4.74 Å². The Hall–Kier alpha value is -2.48. The van der Waals surface area contributed by atoms with Crippen LogP contribution in [0.5, 0.6) is 0 Å². The van der Waals surface area contributed by atoms with Crippen molar-refractivity contribution < 1.29 is 19.4 Å². The molecule has 2 aliphatic rings. The van der Waals surface area contributed by atoms with Gasteiger partial charge >= 0.3 is 0 Å². The van der Waals surface area contributed by atoms with Crippen LogP contribution in [0.15, 0.2) is 64.6 Å². The first kappa shape index (κ1) is 21.7. The Morgan fingerprint density at radius 3 is 2.35 bits per heavy atom. The number of hydrogen-bond donors (Lipinski definition) is 1. The zero-order valence-corrected chi connectivity index (χ0v) is 18.8. The number of carbonyl (C=O) groups excluding carboxylic acids is 2. The van der Waals surface area contributed by atoms with Gasteiger partial charge in [0, 0.05) is 36.2 Å². The summed E-state index contributed by atoms with van der Waals surface area (Å²) in [5.74, 6) is -1.34. The zero-order valence-electron chi connectivity index (χ0n) is 17.2. The van der Waals surface area contributed by atoms with Crippen molar-refractivity contribution >= 4 is 33.4 Å². The van der Waals surface area contributed by atoms with Crippen molar-refractivity contribution in [3.05, 3.63) is 75.8 Å². The minimum Gasteiger partial charge on any atom is -0.507 e. The standard InChI is InChI=1S/C24H25BrN2O4/c25-19-9-7-18(8-10-19)22(28)20-21(17-5-2-1-3-6-17)27(24(30)23(20)29)12-4-11-26-13-15-31-16-14-26/h1-3,5-10,21,28H,4,11-16H2/b22-20-. The second kappa shape index (κ2) is 9.77. The summed E-state index contributed by atoms with van der Waals surface area (Å²) < 4.78 is 6.26. The molecular formula is C24H25BrN2O4. The number of ether oxygens (including phenoxy) is 1.